The molecule has 1 saturated heterocycles. The molecule has 0 aliphatic carbocycles. The largest absolute Gasteiger partial charge is 0.368 e. The maximum Gasteiger partial charge on any atom is 0.242 e. The van der Waals surface area contributed by atoms with Crippen LogP contribution in [-0.2, 0) is 4.79 Å². The molecule has 9 heteroatoms. The number of rotatable bonds is 5. The van der Waals surface area contributed by atoms with E-state index in [2.05, 4.69) is 29.1 Å². The fourth-order valence-electron chi connectivity index (χ4n) is 4.19. The Morgan fingerprint density at radius 2 is 1.65 bits per heavy atom. The van der Waals surface area contributed by atoms with E-state index in [0.29, 0.717) is 13.1 Å². The highest BCUT2D eigenvalue weighted by Crippen LogP contribution is 2.32. The molecule has 0 N–H and O–H groups in total. The molecule has 0 saturated carbocycles. The normalized spacial score (nSPS) is 14.1. The molecule has 5 rings (SSSR count). The lowest BCUT2D eigenvalue weighted by Gasteiger charge is -2.36. The van der Waals surface area contributed by atoms with Crippen LogP contribution in [0.3, 0.4) is 0 Å². The molecule has 34 heavy (non-hydrogen) atoms. The molecule has 4 aromatic rings. The van der Waals surface area contributed by atoms with Gasteiger partial charge in [-0.2, -0.15) is 10.1 Å². The van der Waals surface area contributed by atoms with Crippen LogP contribution in [0, 0.1) is 19.7 Å². The first-order chi connectivity index (χ1) is 16.4. The third-order valence-corrected chi connectivity index (χ3v) is 7.45. The highest BCUT2D eigenvalue weighted by molar-refractivity contribution is 7.22. The fraction of sp³-hybridized carbons (Fsp3) is 0.320. The van der Waals surface area contributed by atoms with Crippen LogP contribution in [0.5, 0.6) is 0 Å². The van der Waals surface area contributed by atoms with Crippen LogP contribution in [0.25, 0.3) is 16.0 Å². The lowest BCUT2D eigenvalue weighted by atomic mass is 10.2. The summed E-state index contributed by atoms with van der Waals surface area (Å²) in [6, 6.07) is 14.7. The average Bonchev–Trinajstić information content (AvgIpc) is 3.41. The molecule has 1 aliphatic rings. The van der Waals surface area contributed by atoms with Gasteiger partial charge in [0.25, 0.3) is 0 Å². The quantitative estimate of drug-likeness (QED) is 0.434. The third-order valence-electron chi connectivity index (χ3n) is 6.18. The van der Waals surface area contributed by atoms with Crippen molar-refractivity contribution in [3.05, 3.63) is 65.6 Å². The Hall–Kier alpha value is -3.46. The van der Waals surface area contributed by atoms with Gasteiger partial charge in [0.15, 0.2) is 10.8 Å². The van der Waals surface area contributed by atoms with Gasteiger partial charge in [-0.05, 0) is 50.2 Å². The van der Waals surface area contributed by atoms with Crippen LogP contribution in [0.1, 0.15) is 11.3 Å². The number of halogens is 1. The van der Waals surface area contributed by atoms with Gasteiger partial charge in [-0.1, -0.05) is 29.0 Å². The van der Waals surface area contributed by atoms with Gasteiger partial charge >= 0.3 is 0 Å². The number of hydrogen-bond acceptors (Lipinski definition) is 6. The number of likely N-dealkylation sites (N-methyl/N-ethyl adjacent to an activating group) is 1. The summed E-state index contributed by atoms with van der Waals surface area (Å²) in [5.74, 6) is -0.158. The van der Waals surface area contributed by atoms with Gasteiger partial charge in [0, 0.05) is 38.9 Å². The number of fused-ring (bicyclic) bond motifs is 1. The van der Waals surface area contributed by atoms with Crippen molar-refractivity contribution >= 4 is 38.4 Å². The molecule has 3 heterocycles. The van der Waals surface area contributed by atoms with Gasteiger partial charge in [-0.3, -0.25) is 4.79 Å². The van der Waals surface area contributed by atoms with Crippen LogP contribution in [0.2, 0.25) is 0 Å². The van der Waals surface area contributed by atoms with E-state index in [4.69, 9.17) is 4.98 Å². The highest BCUT2D eigenvalue weighted by Gasteiger charge is 2.24. The van der Waals surface area contributed by atoms with Gasteiger partial charge in [-0.25, -0.2) is 9.07 Å². The summed E-state index contributed by atoms with van der Waals surface area (Å²) < 4.78 is 16.1. The topological polar surface area (TPSA) is 57.5 Å². The Morgan fingerprint density at radius 1 is 1.00 bits per heavy atom. The number of benzene rings is 2. The summed E-state index contributed by atoms with van der Waals surface area (Å²) in [6.07, 6.45) is 0. The smallest absolute Gasteiger partial charge is 0.242 e. The van der Waals surface area contributed by atoms with Crippen molar-refractivity contribution in [1.82, 2.24) is 19.7 Å². The summed E-state index contributed by atoms with van der Waals surface area (Å²) >= 11 is 1.56. The summed E-state index contributed by atoms with van der Waals surface area (Å²) in [5.41, 5.74) is 4.89. The number of nitrogens with zero attached hydrogens (tertiary/aromatic N) is 6. The Kier molecular flexibility index (Phi) is 5.95. The van der Waals surface area contributed by atoms with Gasteiger partial charge in [-0.15, -0.1) is 0 Å². The minimum absolute atomic E-state index is 0.0809. The lowest BCUT2D eigenvalue weighted by molar-refractivity contribution is -0.129. The predicted molar refractivity (Wildman–Crippen MR) is 135 cm³/mol. The van der Waals surface area contributed by atoms with Gasteiger partial charge in [0.1, 0.15) is 5.82 Å². The van der Waals surface area contributed by atoms with Crippen molar-refractivity contribution < 1.29 is 9.18 Å². The van der Waals surface area contributed by atoms with Crippen LogP contribution in [0.15, 0.2) is 48.5 Å². The number of amides is 1. The van der Waals surface area contributed by atoms with Gasteiger partial charge < -0.3 is 14.7 Å². The van der Waals surface area contributed by atoms with E-state index in [0.717, 1.165) is 45.6 Å². The van der Waals surface area contributed by atoms with E-state index in [1.807, 2.05) is 40.6 Å². The predicted octanol–water partition coefficient (Wildman–Crippen LogP) is 4.02. The molecular formula is C25H27FN6OS. The number of thiazole rings is 1. The summed E-state index contributed by atoms with van der Waals surface area (Å²) in [7, 11) is 1.91. The SMILES string of the molecule is Cc1ccc(-n2nc(C)c3sc(N(C)CC(=O)N4CCN(c5ccc(F)cc5)CC4)nc32)cc1. The van der Waals surface area contributed by atoms with Crippen LogP contribution in [0.4, 0.5) is 15.2 Å². The number of aryl methyl sites for hydroxylation is 2. The number of aromatic nitrogens is 3. The summed E-state index contributed by atoms with van der Waals surface area (Å²) in [6.45, 7) is 7.06. The number of piperazine rings is 1. The minimum atomic E-state index is -0.239. The Balaban J connectivity index is 1.25. The first kappa shape index (κ1) is 22.3. The molecule has 0 spiro atoms. The van der Waals surface area contributed by atoms with E-state index in [9.17, 15) is 9.18 Å². The van der Waals surface area contributed by atoms with Crippen LogP contribution < -0.4 is 9.80 Å². The molecule has 2 aromatic carbocycles. The van der Waals surface area contributed by atoms with Gasteiger partial charge in [0.2, 0.25) is 5.91 Å². The van der Waals surface area contributed by atoms with E-state index in [1.165, 1.54) is 17.7 Å². The molecule has 0 unspecified atom stereocenters. The van der Waals surface area contributed by atoms with Crippen molar-refractivity contribution in [3.8, 4) is 5.69 Å². The number of carbonyl (C=O) groups is 1. The van der Waals surface area contributed by atoms with Crippen molar-refractivity contribution in [2.24, 2.45) is 0 Å². The van der Waals surface area contributed by atoms with Crippen molar-refractivity contribution in [2.45, 2.75) is 13.8 Å². The zero-order chi connectivity index (χ0) is 23.8. The molecular weight excluding hydrogens is 451 g/mol. The fourth-order valence-corrected chi connectivity index (χ4v) is 5.14. The molecule has 0 atom stereocenters. The first-order valence-electron chi connectivity index (χ1n) is 11.3. The highest BCUT2D eigenvalue weighted by atomic mass is 32.1. The second-order valence-electron chi connectivity index (χ2n) is 8.68. The van der Waals surface area contributed by atoms with E-state index >= 15 is 0 Å². The molecule has 0 bridgehead atoms. The Bertz CT molecular complexity index is 1310. The maximum absolute atomic E-state index is 13.2. The zero-order valence-corrected chi connectivity index (χ0v) is 20.3. The third kappa shape index (κ3) is 4.35. The first-order valence-corrected chi connectivity index (χ1v) is 12.1. The zero-order valence-electron chi connectivity index (χ0n) is 19.5. The van der Waals surface area contributed by atoms with Crippen molar-refractivity contribution in [1.29, 1.82) is 0 Å². The number of hydrogen-bond donors (Lipinski definition) is 0. The minimum Gasteiger partial charge on any atom is -0.368 e. The standard InChI is InChI=1S/C25H27FN6OS/c1-17-4-8-21(9-5-17)32-24-23(18(2)28-32)34-25(27-24)29(3)16-22(33)31-14-12-30(13-15-31)20-10-6-19(26)7-11-20/h4-11H,12-16H2,1-3H3. The number of carbonyl (C=O) groups excluding carboxylic acids is 1. The van der Waals surface area contributed by atoms with E-state index < -0.39 is 0 Å². The average molecular weight is 479 g/mol. The molecule has 0 radical (unpaired) electrons. The summed E-state index contributed by atoms with van der Waals surface area (Å²) in [5, 5.41) is 5.47. The van der Waals surface area contributed by atoms with Gasteiger partial charge in [0.05, 0.1) is 22.6 Å². The van der Waals surface area contributed by atoms with Crippen molar-refractivity contribution in [2.75, 3.05) is 49.6 Å². The molecule has 1 amide bonds. The van der Waals surface area contributed by atoms with Crippen LogP contribution in [-0.4, -0.2) is 65.3 Å². The molecule has 2 aromatic heterocycles. The number of anilines is 2. The van der Waals surface area contributed by atoms with Crippen molar-refractivity contribution in [3.63, 3.8) is 0 Å². The Labute approximate surface area is 202 Å². The van der Waals surface area contributed by atoms with Crippen LogP contribution >= 0.6 is 11.3 Å². The molecule has 7 nitrogen and oxygen atoms in total. The second kappa shape index (κ2) is 9.06. The molecule has 1 aliphatic heterocycles. The summed E-state index contributed by atoms with van der Waals surface area (Å²) in [4.78, 5) is 23.8. The monoisotopic (exact) mass is 478 g/mol. The second-order valence-corrected chi connectivity index (χ2v) is 9.66. The lowest BCUT2D eigenvalue weighted by Crippen LogP contribution is -2.51. The molecule has 1 fully saturated rings. The van der Waals surface area contributed by atoms with E-state index in [-0.39, 0.29) is 18.3 Å². The van der Waals surface area contributed by atoms with E-state index in [1.54, 1.807) is 23.5 Å². The maximum atomic E-state index is 13.2. The Morgan fingerprint density at radius 3 is 2.32 bits per heavy atom. The molecule has 176 valence electrons.